The lowest BCUT2D eigenvalue weighted by atomic mass is 10.1. The van der Waals surface area contributed by atoms with Crippen LogP contribution in [0.25, 0.3) is 21.5 Å². The van der Waals surface area contributed by atoms with Crippen LogP contribution in [0.5, 0.6) is 23.0 Å². The highest BCUT2D eigenvalue weighted by molar-refractivity contribution is 8.00. The molecule has 256 valence electrons. The molecule has 23 heteroatoms. The fraction of sp³-hybridized carbons (Fsp3) is 0.167. The SMILES string of the molecule is CS(=O)(=O)Oc1ccc(OS(C)(=O)=O)c2cc(S(=O)(=O)OS(=O)(=O)c3cccc4c(OS(C)(=O)=O)ccc(OS(C)(=O)=O)c34)ccc12. The molecule has 4 aromatic rings. The lowest BCUT2D eigenvalue weighted by molar-refractivity contribution is 0.461. The lowest BCUT2D eigenvalue weighted by Crippen LogP contribution is -2.16. The van der Waals surface area contributed by atoms with Gasteiger partial charge < -0.3 is 16.7 Å². The molecule has 0 saturated carbocycles. The second-order valence-electron chi connectivity index (χ2n) is 9.64. The van der Waals surface area contributed by atoms with Crippen molar-refractivity contribution in [3.05, 3.63) is 60.7 Å². The Hall–Kier alpha value is -3.74. The summed E-state index contributed by atoms with van der Waals surface area (Å²) in [5.41, 5.74) is 0. The van der Waals surface area contributed by atoms with E-state index in [1.807, 2.05) is 0 Å². The van der Waals surface area contributed by atoms with Crippen LogP contribution in [0.15, 0.2) is 70.5 Å². The molecule has 47 heavy (non-hydrogen) atoms. The topological polar surface area (TPSA) is 251 Å². The molecule has 0 spiro atoms. The molecule has 0 heterocycles. The zero-order valence-corrected chi connectivity index (χ0v) is 29.1. The number of hydrogen-bond acceptors (Lipinski definition) is 17. The van der Waals surface area contributed by atoms with Gasteiger partial charge in [-0.3, -0.25) is 0 Å². The minimum Gasteiger partial charge on any atom is -0.382 e. The van der Waals surface area contributed by atoms with Gasteiger partial charge in [-0.15, -0.1) is 3.63 Å². The molecule has 4 rings (SSSR count). The van der Waals surface area contributed by atoms with Crippen molar-refractivity contribution in [1.82, 2.24) is 0 Å². The molecular formula is C24H22O17S6. The first kappa shape index (κ1) is 36.1. The summed E-state index contributed by atoms with van der Waals surface area (Å²) < 4.78 is 173. The van der Waals surface area contributed by atoms with Crippen LogP contribution in [0.3, 0.4) is 0 Å². The number of fused-ring (bicyclic) bond motifs is 2. The third kappa shape index (κ3) is 9.00. The molecule has 4 aromatic carbocycles. The van der Waals surface area contributed by atoms with Crippen molar-refractivity contribution in [1.29, 1.82) is 0 Å². The Morgan fingerprint density at radius 2 is 0.851 bits per heavy atom. The molecule has 0 fully saturated rings. The van der Waals surface area contributed by atoms with Gasteiger partial charge in [0.15, 0.2) is 23.0 Å². The van der Waals surface area contributed by atoms with Crippen molar-refractivity contribution >= 4 is 82.3 Å². The van der Waals surface area contributed by atoms with Crippen LogP contribution in [0, 0.1) is 0 Å². The Labute approximate surface area is 270 Å². The van der Waals surface area contributed by atoms with Gasteiger partial charge in [0, 0.05) is 16.2 Å². The Morgan fingerprint density at radius 1 is 0.426 bits per heavy atom. The van der Waals surface area contributed by atoms with E-state index in [9.17, 15) is 50.5 Å². The van der Waals surface area contributed by atoms with Gasteiger partial charge in [0.05, 0.1) is 35.3 Å². The molecule has 0 radical (unpaired) electrons. The molecular weight excluding hydrogens is 753 g/mol. The van der Waals surface area contributed by atoms with Crippen molar-refractivity contribution in [3.8, 4) is 23.0 Å². The summed E-state index contributed by atoms with van der Waals surface area (Å²) in [6.07, 6.45) is 2.70. The van der Waals surface area contributed by atoms with Gasteiger partial charge in [0.2, 0.25) is 0 Å². The van der Waals surface area contributed by atoms with Gasteiger partial charge >= 0.3 is 60.7 Å². The first-order valence-corrected chi connectivity index (χ1v) is 22.2. The van der Waals surface area contributed by atoms with E-state index in [2.05, 4.69) is 3.63 Å². The Balaban J connectivity index is 1.92. The first-order chi connectivity index (χ1) is 21.2. The molecule has 0 atom stereocenters. The van der Waals surface area contributed by atoms with Crippen molar-refractivity contribution < 1.29 is 70.9 Å². The lowest BCUT2D eigenvalue weighted by Gasteiger charge is -2.15. The van der Waals surface area contributed by atoms with E-state index in [0.29, 0.717) is 25.0 Å². The van der Waals surface area contributed by atoms with Crippen molar-refractivity contribution in [2.45, 2.75) is 9.79 Å². The summed E-state index contributed by atoms with van der Waals surface area (Å²) in [5.74, 6) is -1.97. The average Bonchev–Trinajstić information content (AvgIpc) is 2.87. The van der Waals surface area contributed by atoms with Gasteiger partial charge in [-0.1, -0.05) is 12.1 Å². The zero-order chi connectivity index (χ0) is 35.4. The third-order valence-corrected chi connectivity index (χ3v) is 10.6. The fourth-order valence-electron chi connectivity index (χ4n) is 4.09. The largest absolute Gasteiger partial charge is 0.382 e. The summed E-state index contributed by atoms with van der Waals surface area (Å²) >= 11 is 0. The number of hydrogen-bond donors (Lipinski definition) is 0. The van der Waals surface area contributed by atoms with E-state index in [0.717, 1.165) is 60.7 Å². The Bertz CT molecular complexity index is 2610. The summed E-state index contributed by atoms with van der Waals surface area (Å²) in [5, 5.41) is -1.46. The Morgan fingerprint density at radius 3 is 1.34 bits per heavy atom. The zero-order valence-electron chi connectivity index (χ0n) is 24.2. The summed E-state index contributed by atoms with van der Waals surface area (Å²) in [4.78, 5) is -1.88. The highest BCUT2D eigenvalue weighted by atomic mass is 32.3. The van der Waals surface area contributed by atoms with Crippen LogP contribution < -0.4 is 16.7 Å². The second-order valence-corrected chi connectivity index (χ2v) is 19.2. The van der Waals surface area contributed by atoms with E-state index in [4.69, 9.17) is 16.7 Å². The Kier molecular flexibility index (Phi) is 9.26. The van der Waals surface area contributed by atoms with E-state index >= 15 is 0 Å². The predicted octanol–water partition coefficient (Wildman–Crippen LogP) is 1.44. The molecule has 0 aromatic heterocycles. The molecule has 0 aliphatic heterocycles. The minimum absolute atomic E-state index is 0.159. The minimum atomic E-state index is -5.45. The third-order valence-electron chi connectivity index (χ3n) is 5.53. The maximum atomic E-state index is 13.5. The van der Waals surface area contributed by atoms with Crippen LogP contribution >= 0.6 is 0 Å². The van der Waals surface area contributed by atoms with Crippen LogP contribution in [0.4, 0.5) is 0 Å². The van der Waals surface area contributed by atoms with Gasteiger partial charge in [-0.25, -0.2) is 0 Å². The number of benzene rings is 4. The monoisotopic (exact) mass is 774 g/mol. The summed E-state index contributed by atoms with van der Waals surface area (Å²) in [6.45, 7) is 0. The molecule has 17 nitrogen and oxygen atoms in total. The van der Waals surface area contributed by atoms with Crippen LogP contribution in [0.2, 0.25) is 0 Å². The standard InChI is InChI=1S/C24H22O17S6/c1-42(25,26)37-19-10-11-21(39-44(3,29)30)18-14-15(8-9-16(18)19)46(33,34)41-47(35,36)23-7-5-6-17-20(38-43(2,27)28)12-13-22(24(17)23)40-45(4,31)32/h5-14H,1-4H3. The molecule has 0 aliphatic carbocycles. The second kappa shape index (κ2) is 12.1. The average molecular weight is 775 g/mol. The van der Waals surface area contributed by atoms with E-state index in [-0.39, 0.29) is 21.9 Å². The van der Waals surface area contributed by atoms with E-state index < -0.39 is 93.1 Å². The number of rotatable bonds is 12. The molecule has 0 aliphatic rings. The fourth-order valence-corrected chi connectivity index (χ4v) is 8.72. The van der Waals surface area contributed by atoms with Crippen molar-refractivity contribution in [2.24, 2.45) is 0 Å². The molecule has 0 amide bonds. The highest BCUT2D eigenvalue weighted by Crippen LogP contribution is 2.40. The van der Waals surface area contributed by atoms with Crippen LogP contribution in [-0.4, -0.2) is 75.5 Å². The quantitative estimate of drug-likeness (QED) is 0.185. The van der Waals surface area contributed by atoms with Gasteiger partial charge in [-0.05, 0) is 48.5 Å². The van der Waals surface area contributed by atoms with Gasteiger partial charge in [0.1, 0.15) is 4.90 Å². The molecule has 0 bridgehead atoms. The maximum Gasteiger partial charge on any atom is 0.312 e. The highest BCUT2D eigenvalue weighted by Gasteiger charge is 2.31. The van der Waals surface area contributed by atoms with Crippen molar-refractivity contribution in [2.75, 3.05) is 25.0 Å². The van der Waals surface area contributed by atoms with Gasteiger partial charge in [0.25, 0.3) is 0 Å². The smallest absolute Gasteiger partial charge is 0.312 e. The van der Waals surface area contributed by atoms with E-state index in [1.54, 1.807) is 0 Å². The van der Waals surface area contributed by atoms with Gasteiger partial charge in [-0.2, -0.15) is 50.5 Å². The predicted molar refractivity (Wildman–Crippen MR) is 165 cm³/mol. The van der Waals surface area contributed by atoms with Crippen LogP contribution in [-0.2, 0) is 64.3 Å². The first-order valence-electron chi connectivity index (χ1n) is 12.2. The normalized spacial score (nSPS) is 13.4. The molecule has 0 N–H and O–H groups in total. The molecule has 0 saturated heterocycles. The summed E-state index contributed by atoms with van der Waals surface area (Å²) in [6, 6.07) is 9.37. The van der Waals surface area contributed by atoms with Crippen molar-refractivity contribution in [3.63, 3.8) is 0 Å². The maximum absolute atomic E-state index is 13.5. The van der Waals surface area contributed by atoms with Crippen LogP contribution in [0.1, 0.15) is 0 Å². The van der Waals surface area contributed by atoms with E-state index in [1.165, 1.54) is 0 Å². The summed E-state index contributed by atoms with van der Waals surface area (Å²) in [7, 11) is -27.7. The molecule has 0 unspecified atom stereocenters.